The van der Waals surface area contributed by atoms with Gasteiger partial charge in [0, 0.05) is 54.3 Å². The van der Waals surface area contributed by atoms with E-state index in [0.29, 0.717) is 24.1 Å². The predicted molar refractivity (Wildman–Crippen MR) is 287 cm³/mol. The van der Waals surface area contributed by atoms with Crippen molar-refractivity contribution in [3.05, 3.63) is 102 Å². The van der Waals surface area contributed by atoms with E-state index in [4.69, 9.17) is 17.2 Å². The van der Waals surface area contributed by atoms with Crippen molar-refractivity contribution in [2.24, 2.45) is 40.9 Å². The van der Waals surface area contributed by atoms with Crippen molar-refractivity contribution in [3.63, 3.8) is 0 Å². The third kappa shape index (κ3) is 20.1. The number of hydrogen-bond acceptors (Lipinski definition) is 11. The number of hydrogen-bond donors (Lipinski definition) is 12. The van der Waals surface area contributed by atoms with Crippen LogP contribution in [0.4, 0.5) is 0 Å². The third-order valence-corrected chi connectivity index (χ3v) is 12.5. The van der Waals surface area contributed by atoms with E-state index in [1.54, 1.807) is 56.5 Å². The van der Waals surface area contributed by atoms with Gasteiger partial charge in [0.2, 0.25) is 53.2 Å². The van der Waals surface area contributed by atoms with Crippen LogP contribution in [-0.4, -0.2) is 117 Å². The van der Waals surface area contributed by atoms with E-state index in [0.717, 1.165) is 16.5 Å². The number of amides is 9. The smallest absolute Gasteiger partial charge is 0.243 e. The van der Waals surface area contributed by atoms with E-state index in [-0.39, 0.29) is 43.9 Å². The van der Waals surface area contributed by atoms with Gasteiger partial charge < -0.3 is 64.4 Å². The fourth-order valence-electron chi connectivity index (χ4n) is 8.38. The number of nitrogens with one attached hydrogen (secondary N) is 9. The summed E-state index contributed by atoms with van der Waals surface area (Å²) in [6, 6.07) is 8.49. The number of carbonyl (C=O) groups is 9. The van der Waals surface area contributed by atoms with E-state index < -0.39 is 114 Å². The van der Waals surface area contributed by atoms with Crippen LogP contribution in [0.5, 0.6) is 0 Å². The highest BCUT2D eigenvalue weighted by Gasteiger charge is 2.33. The molecule has 0 saturated heterocycles. The first-order valence-electron chi connectivity index (χ1n) is 25.7. The van der Waals surface area contributed by atoms with Crippen LogP contribution < -0.4 is 54.4 Å². The summed E-state index contributed by atoms with van der Waals surface area (Å²) in [7, 11) is 0. The van der Waals surface area contributed by atoms with Crippen molar-refractivity contribution in [2.75, 3.05) is 6.54 Å². The number of aromatic nitrogens is 3. The average Bonchev–Trinajstić information content (AvgIpc) is 4.04. The number of H-pyrrole nitrogens is 2. The molecule has 0 spiro atoms. The molecule has 8 atom stereocenters. The van der Waals surface area contributed by atoms with Crippen molar-refractivity contribution in [1.29, 1.82) is 0 Å². The summed E-state index contributed by atoms with van der Waals surface area (Å²) in [6.07, 6.45) is 8.77. The second kappa shape index (κ2) is 29.9. The van der Waals surface area contributed by atoms with Gasteiger partial charge in [0.05, 0.1) is 24.8 Å². The van der Waals surface area contributed by atoms with E-state index in [9.17, 15) is 43.2 Å². The maximum atomic E-state index is 14.2. The lowest BCUT2D eigenvalue weighted by atomic mass is 9.94. The Morgan fingerprint density at radius 3 is 1.89 bits per heavy atom. The molecule has 4 rings (SSSR count). The van der Waals surface area contributed by atoms with Gasteiger partial charge in [-0.05, 0) is 67.6 Å². The Morgan fingerprint density at radius 1 is 0.632 bits per heavy atom. The van der Waals surface area contributed by atoms with Gasteiger partial charge in [-0.25, -0.2) is 4.98 Å². The molecular weight excluding hydrogens is 975 g/mol. The number of benzene rings is 2. The van der Waals surface area contributed by atoms with Crippen LogP contribution in [0.15, 0.2) is 85.5 Å². The number of rotatable bonds is 31. The van der Waals surface area contributed by atoms with Crippen molar-refractivity contribution in [3.8, 4) is 0 Å². The van der Waals surface area contributed by atoms with Gasteiger partial charge in [-0.3, -0.25) is 43.2 Å². The molecular formula is C54H77N13O9. The van der Waals surface area contributed by atoms with Crippen molar-refractivity contribution >= 4 is 64.1 Å². The molecule has 412 valence electrons. The van der Waals surface area contributed by atoms with E-state index >= 15 is 0 Å². The number of fused-ring (bicyclic) bond motifs is 1. The molecule has 9 amide bonds. The van der Waals surface area contributed by atoms with Gasteiger partial charge in [0.25, 0.3) is 0 Å². The Kier molecular flexibility index (Phi) is 23.8. The number of carbonyl (C=O) groups excluding carboxylic acids is 9. The predicted octanol–water partition coefficient (Wildman–Crippen LogP) is 0.962. The summed E-state index contributed by atoms with van der Waals surface area (Å²) in [5.41, 5.74) is 20.1. The number of aromatic amines is 2. The molecule has 22 nitrogen and oxygen atoms in total. The van der Waals surface area contributed by atoms with Gasteiger partial charge in [-0.15, -0.1) is 0 Å². The van der Waals surface area contributed by atoms with Gasteiger partial charge in [-0.1, -0.05) is 102 Å². The van der Waals surface area contributed by atoms with E-state index in [1.165, 1.54) is 19.4 Å². The summed E-state index contributed by atoms with van der Waals surface area (Å²) in [5, 5.41) is 19.6. The lowest BCUT2D eigenvalue weighted by molar-refractivity contribution is -0.135. The second-order valence-corrected chi connectivity index (χ2v) is 20.3. The number of nitrogens with two attached hydrogens (primary N) is 3. The number of imidazole rings is 1. The fraction of sp³-hybridized carbons (Fsp3) is 0.481. The first-order valence-corrected chi connectivity index (χ1v) is 25.7. The highest BCUT2D eigenvalue weighted by atomic mass is 16.2. The molecule has 76 heavy (non-hydrogen) atoms. The summed E-state index contributed by atoms with van der Waals surface area (Å²) >= 11 is 0. The normalized spacial score (nSPS) is 14.7. The van der Waals surface area contributed by atoms with Gasteiger partial charge in [0.15, 0.2) is 0 Å². The van der Waals surface area contributed by atoms with Crippen LogP contribution >= 0.6 is 0 Å². The average molecular weight is 1050 g/mol. The summed E-state index contributed by atoms with van der Waals surface area (Å²) in [6.45, 7) is 12.1. The Bertz CT molecular complexity index is 2620. The maximum absolute atomic E-state index is 14.2. The lowest BCUT2D eigenvalue weighted by Gasteiger charge is -2.26. The van der Waals surface area contributed by atoms with Gasteiger partial charge in [0.1, 0.15) is 30.2 Å². The summed E-state index contributed by atoms with van der Waals surface area (Å²) in [5.74, 6) is -6.91. The molecule has 4 aromatic rings. The second-order valence-electron chi connectivity index (χ2n) is 20.3. The number of para-hydroxylation sites is 1. The minimum absolute atomic E-state index is 0.0256. The van der Waals surface area contributed by atoms with Gasteiger partial charge >= 0.3 is 0 Å². The molecule has 2 heterocycles. The Hall–Kier alpha value is -7.88. The largest absolute Gasteiger partial charge is 0.370 e. The Morgan fingerprint density at radius 2 is 1.26 bits per heavy atom. The molecule has 0 radical (unpaired) electrons. The van der Waals surface area contributed by atoms with Crippen LogP contribution in [0.25, 0.3) is 10.9 Å². The number of primary amides is 2. The van der Waals surface area contributed by atoms with Gasteiger partial charge in [-0.2, -0.15) is 0 Å². The molecule has 0 unspecified atom stereocenters. The molecule has 0 saturated carbocycles. The molecule has 0 fully saturated rings. The molecule has 0 aliphatic rings. The van der Waals surface area contributed by atoms with Crippen LogP contribution in [0.1, 0.15) is 91.0 Å². The molecule has 0 aliphatic heterocycles. The fourth-order valence-corrected chi connectivity index (χ4v) is 8.38. The van der Waals surface area contributed by atoms with Crippen molar-refractivity contribution in [1.82, 2.24) is 52.2 Å². The van der Waals surface area contributed by atoms with Crippen molar-refractivity contribution in [2.45, 2.75) is 136 Å². The minimum Gasteiger partial charge on any atom is -0.370 e. The SMILES string of the molecule is CC(C)C[C@@H](/C=C/[C@H](CC(C)C)C(N)=O)NC(=O)[C@H](Cc1cnc[nH]1)NC(=O)CNC(=O)[C@@H](NC(=O)[C@H](C)NC(=O)[C@H](Cc1c[nH]c2ccccc12)NC(=O)[C@H](CCC(N)=O)NC(=O)[C@H](N)Cc1ccccc1)C(C)C. The minimum atomic E-state index is -1.34. The van der Waals surface area contributed by atoms with Crippen LogP contribution in [0, 0.1) is 23.7 Å². The molecule has 15 N–H and O–H groups in total. The third-order valence-electron chi connectivity index (χ3n) is 12.5. The van der Waals surface area contributed by atoms with Crippen LogP contribution in [0.3, 0.4) is 0 Å². The standard InChI is InChI=1S/C54H77N13O9/c1-30(2)21-35(48(57)70)17-18-37(22-31(3)4)63-53(75)44(25-38-27-58-29-61-38)64-46(69)28-60-54(76)47(32(5)6)67-49(71)33(7)62-52(74)43(24-36-26-59-41-16-12-11-15-39(36)41)66-51(73)42(19-20-45(56)68)65-50(72)40(55)23-34-13-9-8-10-14-34/h8-18,26-27,29-33,35,37,40,42-44,47,59H,19-25,28,55H2,1-7H3,(H2,56,68)(H2,57,70)(H,58,61)(H,60,76)(H,62,74)(H,63,75)(H,64,69)(H,65,72)(H,66,73)(H,67,71)/b18-17+/t33-,35+,37+,40+,42-,43-,44-,47-/m0/s1. The highest BCUT2D eigenvalue weighted by molar-refractivity contribution is 5.97. The lowest BCUT2D eigenvalue weighted by Crippen LogP contribution is -2.59. The highest BCUT2D eigenvalue weighted by Crippen LogP contribution is 2.20. The molecule has 0 bridgehead atoms. The zero-order valence-corrected chi connectivity index (χ0v) is 44.4. The summed E-state index contributed by atoms with van der Waals surface area (Å²) < 4.78 is 0. The van der Waals surface area contributed by atoms with E-state index in [1.807, 2.05) is 58.0 Å². The van der Waals surface area contributed by atoms with E-state index in [2.05, 4.69) is 52.2 Å². The zero-order chi connectivity index (χ0) is 56.1. The first-order chi connectivity index (χ1) is 36.0. The number of nitrogens with zero attached hydrogens (tertiary/aromatic N) is 1. The zero-order valence-electron chi connectivity index (χ0n) is 44.4. The maximum Gasteiger partial charge on any atom is 0.243 e. The topological polar surface area (TPSA) is 360 Å². The Labute approximate surface area is 443 Å². The molecule has 2 aromatic heterocycles. The Balaban J connectivity index is 1.45. The van der Waals surface area contributed by atoms with Crippen LogP contribution in [-0.2, 0) is 62.4 Å². The summed E-state index contributed by atoms with van der Waals surface area (Å²) in [4.78, 5) is 130. The van der Waals surface area contributed by atoms with Crippen LogP contribution in [0.2, 0.25) is 0 Å². The van der Waals surface area contributed by atoms with Crippen molar-refractivity contribution < 1.29 is 43.2 Å². The molecule has 0 aliphatic carbocycles. The monoisotopic (exact) mass is 1050 g/mol. The quantitative estimate of drug-likeness (QED) is 0.0315. The first kappa shape index (κ1) is 60.7. The molecule has 22 heteroatoms. The molecule has 2 aromatic carbocycles.